The van der Waals surface area contributed by atoms with E-state index in [1.165, 1.54) is 10.6 Å². The van der Waals surface area contributed by atoms with Crippen molar-refractivity contribution in [3.63, 3.8) is 0 Å². The largest absolute Gasteiger partial charge is 0.487 e. The second kappa shape index (κ2) is 8.16. The Morgan fingerprint density at radius 1 is 1.21 bits per heavy atom. The van der Waals surface area contributed by atoms with E-state index < -0.39 is 11.6 Å². The van der Waals surface area contributed by atoms with Crippen LogP contribution in [0.25, 0.3) is 5.69 Å². The lowest BCUT2D eigenvalue weighted by atomic mass is 10.2. The van der Waals surface area contributed by atoms with Crippen LogP contribution >= 0.6 is 11.6 Å². The van der Waals surface area contributed by atoms with Crippen molar-refractivity contribution < 1.29 is 18.2 Å². The van der Waals surface area contributed by atoms with Gasteiger partial charge < -0.3 is 4.74 Å². The Bertz CT molecular complexity index is 1130. The molecule has 0 N–H and O–H groups in total. The van der Waals surface area contributed by atoms with Crippen molar-refractivity contribution in [2.24, 2.45) is 0 Å². The number of ether oxygens (including phenoxy) is 1. The summed E-state index contributed by atoms with van der Waals surface area (Å²) in [7, 11) is 3.71. The third-order valence-electron chi connectivity index (χ3n) is 4.32. The molecule has 3 aromatic rings. The first kappa shape index (κ1) is 20.7. The number of nitrogens with zero attached hydrogens (tertiary/aromatic N) is 4. The molecule has 0 unspecified atom stereocenters. The summed E-state index contributed by atoms with van der Waals surface area (Å²) in [6, 6.07) is 5.40. The van der Waals surface area contributed by atoms with Crippen molar-refractivity contribution in [1.29, 1.82) is 0 Å². The van der Waals surface area contributed by atoms with Crippen LogP contribution in [-0.4, -0.2) is 23.6 Å². The van der Waals surface area contributed by atoms with Gasteiger partial charge >= 0.3 is 5.15 Å². The van der Waals surface area contributed by atoms with Gasteiger partial charge in [-0.25, -0.2) is 8.78 Å². The van der Waals surface area contributed by atoms with E-state index in [-0.39, 0.29) is 23.6 Å². The quantitative estimate of drug-likeness (QED) is 0.469. The van der Waals surface area contributed by atoms with E-state index in [9.17, 15) is 13.6 Å². The van der Waals surface area contributed by atoms with E-state index in [2.05, 4.69) is 4.98 Å². The van der Waals surface area contributed by atoms with Crippen LogP contribution in [0.4, 0.5) is 8.78 Å². The standard InChI is InChI=1S/C20H20ClF2N4O2/c1-12-10-26(25(3)4)19(21)8-18(12)27-13(2)5-15(7-20(27)28)29-11-17-16(23)6-14(22)9-24-17/h5-10H,11H2,1-4H3/q+1. The Morgan fingerprint density at radius 3 is 2.55 bits per heavy atom. The van der Waals surface area contributed by atoms with Crippen LogP contribution in [0.2, 0.25) is 5.15 Å². The lowest BCUT2D eigenvalue weighted by Gasteiger charge is -2.15. The fraction of sp³-hybridized carbons (Fsp3) is 0.250. The minimum absolute atomic E-state index is 0.0489. The molecule has 0 amide bonds. The Labute approximate surface area is 171 Å². The molecule has 3 aromatic heterocycles. The number of hydrogen-bond donors (Lipinski definition) is 0. The minimum atomic E-state index is -0.807. The summed E-state index contributed by atoms with van der Waals surface area (Å²) in [5.74, 6) is -1.31. The second-order valence-electron chi connectivity index (χ2n) is 6.73. The fourth-order valence-corrected chi connectivity index (χ4v) is 3.22. The summed E-state index contributed by atoms with van der Waals surface area (Å²) in [6.45, 7) is 3.41. The van der Waals surface area contributed by atoms with Crippen molar-refractivity contribution in [3.8, 4) is 11.4 Å². The smallest absolute Gasteiger partial charge is 0.306 e. The molecule has 152 valence electrons. The Morgan fingerprint density at radius 2 is 1.93 bits per heavy atom. The lowest BCUT2D eigenvalue weighted by Crippen LogP contribution is -2.53. The molecule has 0 aliphatic rings. The van der Waals surface area contributed by atoms with Crippen LogP contribution < -0.4 is 20.0 Å². The summed E-state index contributed by atoms with van der Waals surface area (Å²) in [6.07, 6.45) is 2.74. The molecule has 0 spiro atoms. The maximum absolute atomic E-state index is 13.7. The summed E-state index contributed by atoms with van der Waals surface area (Å²) < 4.78 is 35.4. The van der Waals surface area contributed by atoms with Gasteiger partial charge in [0.15, 0.2) is 5.82 Å². The number of hydrogen-bond acceptors (Lipinski definition) is 4. The molecule has 0 fully saturated rings. The van der Waals surface area contributed by atoms with Crippen molar-refractivity contribution in [2.45, 2.75) is 20.5 Å². The fourth-order valence-electron chi connectivity index (χ4n) is 2.92. The molecule has 0 radical (unpaired) electrons. The molecule has 3 heterocycles. The SMILES string of the molecule is Cc1c[n+](N(C)C)c(Cl)cc1-n1c(C)cc(OCc2ncc(F)cc2F)cc1=O. The summed E-state index contributed by atoms with van der Waals surface area (Å²) >= 11 is 6.34. The van der Waals surface area contributed by atoms with Crippen LogP contribution in [0.5, 0.6) is 5.75 Å². The number of rotatable bonds is 5. The topological polar surface area (TPSA) is 51.2 Å². The zero-order chi connectivity index (χ0) is 21.3. The van der Waals surface area contributed by atoms with Gasteiger partial charge in [-0.3, -0.25) is 14.3 Å². The van der Waals surface area contributed by atoms with E-state index in [0.717, 1.165) is 17.8 Å². The van der Waals surface area contributed by atoms with Crippen molar-refractivity contribution >= 4 is 11.6 Å². The number of aryl methyl sites for hydroxylation is 2. The zero-order valence-corrected chi connectivity index (χ0v) is 17.2. The second-order valence-corrected chi connectivity index (χ2v) is 7.12. The van der Waals surface area contributed by atoms with Crippen molar-refractivity contribution in [2.75, 3.05) is 19.1 Å². The molecule has 0 saturated heterocycles. The van der Waals surface area contributed by atoms with Crippen LogP contribution in [0.1, 0.15) is 17.0 Å². The molecular formula is C20H20ClF2N4O2+. The number of aromatic nitrogens is 3. The highest BCUT2D eigenvalue weighted by atomic mass is 35.5. The first-order chi connectivity index (χ1) is 13.7. The highest BCUT2D eigenvalue weighted by Gasteiger charge is 2.18. The first-order valence-corrected chi connectivity index (χ1v) is 9.11. The molecule has 0 saturated carbocycles. The number of pyridine rings is 3. The van der Waals surface area contributed by atoms with Crippen LogP contribution in [0.3, 0.4) is 0 Å². The van der Waals surface area contributed by atoms with Gasteiger partial charge in [0.2, 0.25) is 6.20 Å². The molecule has 0 atom stereocenters. The highest BCUT2D eigenvalue weighted by Crippen LogP contribution is 2.20. The zero-order valence-electron chi connectivity index (χ0n) is 16.4. The van der Waals surface area contributed by atoms with Gasteiger partial charge in [-0.05, 0) is 25.4 Å². The first-order valence-electron chi connectivity index (χ1n) is 8.73. The normalized spacial score (nSPS) is 10.9. The average Bonchev–Trinajstić information content (AvgIpc) is 2.62. The summed E-state index contributed by atoms with van der Waals surface area (Å²) in [4.78, 5) is 16.4. The molecule has 0 aliphatic heterocycles. The molecule has 0 aliphatic carbocycles. The van der Waals surface area contributed by atoms with Gasteiger partial charge in [-0.2, -0.15) is 5.01 Å². The van der Waals surface area contributed by atoms with Gasteiger partial charge in [0, 0.05) is 29.5 Å². The molecule has 3 rings (SSSR count). The number of halogens is 3. The molecule has 6 nitrogen and oxygen atoms in total. The predicted octanol–water partition coefficient (Wildman–Crippen LogP) is 2.85. The average molecular weight is 422 g/mol. The van der Waals surface area contributed by atoms with Crippen LogP contribution in [0, 0.1) is 25.5 Å². The Kier molecular flexibility index (Phi) is 5.83. The molecule has 9 heteroatoms. The summed E-state index contributed by atoms with van der Waals surface area (Å²) in [5, 5.41) is 2.26. The van der Waals surface area contributed by atoms with Gasteiger partial charge in [0.1, 0.15) is 23.9 Å². The summed E-state index contributed by atoms with van der Waals surface area (Å²) in [5.41, 5.74) is 1.73. The monoisotopic (exact) mass is 421 g/mol. The molecule has 0 bridgehead atoms. The van der Waals surface area contributed by atoms with Crippen molar-refractivity contribution in [1.82, 2.24) is 9.55 Å². The van der Waals surface area contributed by atoms with E-state index in [1.807, 2.05) is 32.2 Å². The van der Waals surface area contributed by atoms with E-state index >= 15 is 0 Å². The van der Waals surface area contributed by atoms with E-state index in [1.54, 1.807) is 23.7 Å². The van der Waals surface area contributed by atoms with Gasteiger partial charge in [-0.1, -0.05) is 4.68 Å². The maximum atomic E-state index is 13.7. The molecular weight excluding hydrogens is 402 g/mol. The van der Waals surface area contributed by atoms with E-state index in [0.29, 0.717) is 16.5 Å². The predicted molar refractivity (Wildman–Crippen MR) is 105 cm³/mol. The third kappa shape index (κ3) is 4.37. The molecule has 0 aromatic carbocycles. The molecule has 29 heavy (non-hydrogen) atoms. The van der Waals surface area contributed by atoms with Crippen molar-refractivity contribution in [3.05, 3.63) is 80.8 Å². The Balaban J connectivity index is 1.92. The third-order valence-corrected chi connectivity index (χ3v) is 4.60. The van der Waals surface area contributed by atoms with Crippen LogP contribution in [0.15, 0.2) is 41.5 Å². The Hall–Kier alpha value is -3.00. The lowest BCUT2D eigenvalue weighted by molar-refractivity contribution is -0.685. The minimum Gasteiger partial charge on any atom is -0.487 e. The van der Waals surface area contributed by atoms with Crippen LogP contribution in [-0.2, 0) is 6.61 Å². The van der Waals surface area contributed by atoms with Gasteiger partial charge in [0.05, 0.1) is 32.0 Å². The van der Waals surface area contributed by atoms with Gasteiger partial charge in [-0.15, -0.1) is 0 Å². The highest BCUT2D eigenvalue weighted by molar-refractivity contribution is 6.28. The maximum Gasteiger partial charge on any atom is 0.306 e. The van der Waals surface area contributed by atoms with E-state index in [4.69, 9.17) is 16.3 Å². The van der Waals surface area contributed by atoms with Gasteiger partial charge in [0.25, 0.3) is 5.56 Å².